The number of benzene rings is 2. The van der Waals surface area contributed by atoms with E-state index in [2.05, 4.69) is 5.32 Å². The summed E-state index contributed by atoms with van der Waals surface area (Å²) in [6.45, 7) is -0.330. The van der Waals surface area contributed by atoms with Crippen molar-refractivity contribution >= 4 is 35.1 Å². The van der Waals surface area contributed by atoms with Crippen molar-refractivity contribution in [1.29, 1.82) is 0 Å². The third kappa shape index (κ3) is 5.63. The Morgan fingerprint density at radius 2 is 1.86 bits per heavy atom. The maximum absolute atomic E-state index is 12.3. The first-order valence-corrected chi connectivity index (χ1v) is 9.74. The molecular formula is C21H21Cl2NO4. The van der Waals surface area contributed by atoms with Gasteiger partial charge in [-0.05, 0) is 54.2 Å². The zero-order valence-electron chi connectivity index (χ0n) is 15.4. The summed E-state index contributed by atoms with van der Waals surface area (Å²) in [5, 5.41) is 3.85. The van der Waals surface area contributed by atoms with Crippen molar-refractivity contribution < 1.29 is 19.1 Å². The van der Waals surface area contributed by atoms with Gasteiger partial charge in [0.2, 0.25) is 0 Å². The van der Waals surface area contributed by atoms with Crippen LogP contribution in [-0.4, -0.2) is 25.6 Å². The van der Waals surface area contributed by atoms with E-state index < -0.39 is 5.97 Å². The van der Waals surface area contributed by atoms with Crippen LogP contribution < -0.4 is 10.1 Å². The van der Waals surface area contributed by atoms with Gasteiger partial charge in [-0.1, -0.05) is 41.4 Å². The molecule has 1 unspecified atom stereocenters. The van der Waals surface area contributed by atoms with Gasteiger partial charge >= 0.3 is 5.97 Å². The predicted molar refractivity (Wildman–Crippen MR) is 108 cm³/mol. The Morgan fingerprint density at radius 1 is 1.14 bits per heavy atom. The average Bonchev–Trinajstić information content (AvgIpc) is 3.52. The second-order valence-corrected chi connectivity index (χ2v) is 7.57. The molecule has 1 N–H and O–H groups in total. The Labute approximate surface area is 173 Å². The van der Waals surface area contributed by atoms with Gasteiger partial charge in [0.15, 0.2) is 6.61 Å². The van der Waals surface area contributed by atoms with Gasteiger partial charge in [0, 0.05) is 10.0 Å². The number of carbonyl (C=O) groups is 2. The summed E-state index contributed by atoms with van der Waals surface area (Å²) in [5.41, 5.74) is 1.61. The van der Waals surface area contributed by atoms with Crippen LogP contribution in [0.15, 0.2) is 42.5 Å². The fourth-order valence-electron chi connectivity index (χ4n) is 2.95. The highest BCUT2D eigenvalue weighted by molar-refractivity contribution is 6.35. The molecule has 0 aromatic heterocycles. The van der Waals surface area contributed by atoms with E-state index in [0.717, 1.165) is 24.2 Å². The molecule has 2 aromatic rings. The second kappa shape index (κ2) is 9.30. The Morgan fingerprint density at radius 3 is 2.46 bits per heavy atom. The molecule has 0 radical (unpaired) electrons. The predicted octanol–water partition coefficient (Wildman–Crippen LogP) is 4.36. The lowest BCUT2D eigenvalue weighted by Gasteiger charge is -2.19. The van der Waals surface area contributed by atoms with Crippen molar-refractivity contribution in [3.05, 3.63) is 63.6 Å². The first-order chi connectivity index (χ1) is 13.5. The molecule has 1 saturated carbocycles. The number of amides is 1. The van der Waals surface area contributed by atoms with E-state index in [-0.39, 0.29) is 25.0 Å². The minimum absolute atomic E-state index is 0.0200. The molecule has 148 valence electrons. The molecule has 1 atom stereocenters. The van der Waals surface area contributed by atoms with Gasteiger partial charge in [-0.15, -0.1) is 0 Å². The normalized spacial score (nSPS) is 14.2. The van der Waals surface area contributed by atoms with E-state index in [1.807, 2.05) is 24.3 Å². The van der Waals surface area contributed by atoms with Crippen LogP contribution in [0.25, 0.3) is 0 Å². The maximum atomic E-state index is 12.3. The first-order valence-electron chi connectivity index (χ1n) is 8.99. The van der Waals surface area contributed by atoms with E-state index in [1.165, 1.54) is 0 Å². The third-order valence-corrected chi connectivity index (χ3v) is 5.19. The molecule has 1 aliphatic carbocycles. The summed E-state index contributed by atoms with van der Waals surface area (Å²) in [7, 11) is 1.61. The second-order valence-electron chi connectivity index (χ2n) is 6.73. The molecule has 2 aromatic carbocycles. The van der Waals surface area contributed by atoms with Crippen molar-refractivity contribution in [1.82, 2.24) is 5.32 Å². The number of ether oxygens (including phenoxy) is 2. The number of hydrogen-bond donors (Lipinski definition) is 1. The zero-order chi connectivity index (χ0) is 20.1. The van der Waals surface area contributed by atoms with Gasteiger partial charge in [-0.25, -0.2) is 0 Å². The number of methoxy groups -OCH3 is 1. The SMILES string of the molecule is COc1ccc(C(NC(=O)COC(=O)Cc2ccc(Cl)cc2Cl)C2CC2)cc1. The molecule has 0 aliphatic heterocycles. The number of rotatable bonds is 8. The van der Waals surface area contributed by atoms with E-state index in [9.17, 15) is 9.59 Å². The highest BCUT2D eigenvalue weighted by atomic mass is 35.5. The summed E-state index contributed by atoms with van der Waals surface area (Å²) in [5.74, 6) is 0.315. The number of esters is 1. The van der Waals surface area contributed by atoms with Gasteiger partial charge < -0.3 is 14.8 Å². The van der Waals surface area contributed by atoms with Crippen LogP contribution in [0.5, 0.6) is 5.75 Å². The van der Waals surface area contributed by atoms with Crippen LogP contribution in [0.2, 0.25) is 10.0 Å². The summed E-state index contributed by atoms with van der Waals surface area (Å²) in [4.78, 5) is 24.3. The molecule has 28 heavy (non-hydrogen) atoms. The monoisotopic (exact) mass is 421 g/mol. The van der Waals surface area contributed by atoms with E-state index in [0.29, 0.717) is 21.5 Å². The van der Waals surface area contributed by atoms with Crippen molar-refractivity contribution in [3.63, 3.8) is 0 Å². The Bertz CT molecular complexity index is 850. The van der Waals surface area contributed by atoms with Crippen LogP contribution in [0.1, 0.15) is 30.0 Å². The molecule has 1 amide bonds. The lowest BCUT2D eigenvalue weighted by atomic mass is 10.0. The zero-order valence-corrected chi connectivity index (χ0v) is 16.9. The molecule has 0 saturated heterocycles. The fraction of sp³-hybridized carbons (Fsp3) is 0.333. The molecule has 7 heteroatoms. The lowest BCUT2D eigenvalue weighted by Crippen LogP contribution is -2.33. The van der Waals surface area contributed by atoms with Crippen LogP contribution in [0.4, 0.5) is 0 Å². The summed E-state index contributed by atoms with van der Waals surface area (Å²) >= 11 is 11.9. The largest absolute Gasteiger partial charge is 0.497 e. The quantitative estimate of drug-likeness (QED) is 0.643. The average molecular weight is 422 g/mol. The van der Waals surface area contributed by atoms with Crippen molar-refractivity contribution in [2.75, 3.05) is 13.7 Å². The lowest BCUT2D eigenvalue weighted by molar-refractivity contribution is -0.148. The Hall–Kier alpha value is -2.24. The van der Waals surface area contributed by atoms with Gasteiger partial charge in [-0.3, -0.25) is 9.59 Å². The summed E-state index contributed by atoms with van der Waals surface area (Å²) < 4.78 is 10.3. The van der Waals surface area contributed by atoms with E-state index in [4.69, 9.17) is 32.7 Å². The first kappa shape index (κ1) is 20.5. The van der Waals surface area contributed by atoms with E-state index >= 15 is 0 Å². The highest BCUT2D eigenvalue weighted by Crippen LogP contribution is 2.41. The molecule has 0 heterocycles. The summed E-state index contributed by atoms with van der Waals surface area (Å²) in [6, 6.07) is 12.4. The van der Waals surface area contributed by atoms with Crippen molar-refractivity contribution in [2.45, 2.75) is 25.3 Å². The number of nitrogens with one attached hydrogen (secondary N) is 1. The standard InChI is InChI=1S/C21H21Cl2NO4/c1-27-17-8-5-14(6-9-17)21(13-2-3-13)24-19(25)12-28-20(26)10-15-4-7-16(22)11-18(15)23/h4-9,11,13,21H,2-3,10,12H2,1H3,(H,24,25). The molecular weight excluding hydrogens is 401 g/mol. The molecule has 0 bridgehead atoms. The molecule has 0 spiro atoms. The van der Waals surface area contributed by atoms with Crippen LogP contribution in [-0.2, 0) is 20.7 Å². The van der Waals surface area contributed by atoms with Crippen molar-refractivity contribution in [2.24, 2.45) is 5.92 Å². The molecule has 1 aliphatic rings. The number of carbonyl (C=O) groups excluding carboxylic acids is 2. The summed E-state index contributed by atoms with van der Waals surface area (Å²) in [6.07, 6.45) is 2.10. The van der Waals surface area contributed by atoms with Gasteiger partial charge in [-0.2, -0.15) is 0 Å². The maximum Gasteiger partial charge on any atom is 0.310 e. The third-order valence-electron chi connectivity index (χ3n) is 4.60. The van der Waals surface area contributed by atoms with Crippen LogP contribution in [0.3, 0.4) is 0 Å². The Balaban J connectivity index is 1.52. The van der Waals surface area contributed by atoms with Crippen LogP contribution in [0, 0.1) is 5.92 Å². The number of halogens is 2. The minimum Gasteiger partial charge on any atom is -0.497 e. The van der Waals surface area contributed by atoms with E-state index in [1.54, 1.807) is 25.3 Å². The number of hydrogen-bond acceptors (Lipinski definition) is 4. The van der Waals surface area contributed by atoms with Crippen molar-refractivity contribution in [3.8, 4) is 5.75 Å². The topological polar surface area (TPSA) is 64.6 Å². The molecule has 3 rings (SSSR count). The molecule has 1 fully saturated rings. The highest BCUT2D eigenvalue weighted by Gasteiger charge is 2.33. The molecule has 5 nitrogen and oxygen atoms in total. The van der Waals surface area contributed by atoms with Gasteiger partial charge in [0.1, 0.15) is 5.75 Å². The van der Waals surface area contributed by atoms with Crippen LogP contribution >= 0.6 is 23.2 Å². The minimum atomic E-state index is -0.521. The fourth-order valence-corrected chi connectivity index (χ4v) is 3.42. The van der Waals surface area contributed by atoms with Gasteiger partial charge in [0.25, 0.3) is 5.91 Å². The Kier molecular flexibility index (Phi) is 6.81. The van der Waals surface area contributed by atoms with Gasteiger partial charge in [0.05, 0.1) is 19.6 Å². The smallest absolute Gasteiger partial charge is 0.310 e.